The van der Waals surface area contributed by atoms with Crippen LogP contribution in [0.1, 0.15) is 20.8 Å². The fraction of sp³-hybridized carbons (Fsp3) is 1.00. The first kappa shape index (κ1) is 8.92. The SMILES string of the molecule is CCN(C)C(C)C(C)N. The van der Waals surface area contributed by atoms with Gasteiger partial charge in [0.1, 0.15) is 0 Å². The molecule has 0 aliphatic heterocycles. The molecule has 0 amide bonds. The van der Waals surface area contributed by atoms with Crippen LogP contribution < -0.4 is 5.73 Å². The second-order valence-corrected chi connectivity index (χ2v) is 2.67. The maximum Gasteiger partial charge on any atom is 0.0213 e. The van der Waals surface area contributed by atoms with Gasteiger partial charge in [-0.2, -0.15) is 0 Å². The second-order valence-electron chi connectivity index (χ2n) is 2.67. The molecule has 0 spiro atoms. The van der Waals surface area contributed by atoms with Gasteiger partial charge in [-0.1, -0.05) is 6.92 Å². The summed E-state index contributed by atoms with van der Waals surface area (Å²) in [5.41, 5.74) is 5.67. The third-order valence-corrected chi connectivity index (χ3v) is 1.95. The van der Waals surface area contributed by atoms with Crippen LogP contribution in [-0.4, -0.2) is 30.6 Å². The summed E-state index contributed by atoms with van der Waals surface area (Å²) in [6.45, 7) is 7.40. The van der Waals surface area contributed by atoms with Crippen LogP contribution in [0.3, 0.4) is 0 Å². The van der Waals surface area contributed by atoms with Crippen molar-refractivity contribution < 1.29 is 0 Å². The third kappa shape index (κ3) is 2.82. The standard InChI is InChI=1S/C7H18N2/c1-5-9(4)7(3)6(2)8/h6-7H,5,8H2,1-4H3. The minimum atomic E-state index is 0.273. The van der Waals surface area contributed by atoms with Gasteiger partial charge in [-0.25, -0.2) is 0 Å². The van der Waals surface area contributed by atoms with Crippen molar-refractivity contribution in [2.75, 3.05) is 13.6 Å². The molecule has 0 rings (SSSR count). The Labute approximate surface area is 58.0 Å². The Kier molecular flexibility index (Phi) is 3.82. The molecule has 0 aromatic carbocycles. The van der Waals surface area contributed by atoms with Crippen molar-refractivity contribution in [1.82, 2.24) is 4.90 Å². The monoisotopic (exact) mass is 130 g/mol. The lowest BCUT2D eigenvalue weighted by atomic mass is 10.1. The quantitative estimate of drug-likeness (QED) is 0.608. The largest absolute Gasteiger partial charge is 0.327 e. The molecule has 2 atom stereocenters. The lowest BCUT2D eigenvalue weighted by Crippen LogP contribution is -2.41. The summed E-state index contributed by atoms with van der Waals surface area (Å²) in [4.78, 5) is 2.24. The summed E-state index contributed by atoms with van der Waals surface area (Å²) in [5.74, 6) is 0. The van der Waals surface area contributed by atoms with Gasteiger partial charge in [0, 0.05) is 12.1 Å². The van der Waals surface area contributed by atoms with Gasteiger partial charge in [0.15, 0.2) is 0 Å². The summed E-state index contributed by atoms with van der Waals surface area (Å²) >= 11 is 0. The van der Waals surface area contributed by atoms with Crippen molar-refractivity contribution in [3.63, 3.8) is 0 Å². The van der Waals surface area contributed by atoms with E-state index in [0.29, 0.717) is 6.04 Å². The number of hydrogen-bond acceptors (Lipinski definition) is 2. The van der Waals surface area contributed by atoms with Crippen LogP contribution in [0.5, 0.6) is 0 Å². The van der Waals surface area contributed by atoms with Crippen molar-refractivity contribution in [3.05, 3.63) is 0 Å². The van der Waals surface area contributed by atoms with E-state index in [4.69, 9.17) is 5.73 Å². The van der Waals surface area contributed by atoms with E-state index in [9.17, 15) is 0 Å². The van der Waals surface area contributed by atoms with Crippen LogP contribution >= 0.6 is 0 Å². The van der Waals surface area contributed by atoms with Crippen molar-refractivity contribution in [3.8, 4) is 0 Å². The zero-order chi connectivity index (χ0) is 7.44. The van der Waals surface area contributed by atoms with Crippen LogP contribution in [0.25, 0.3) is 0 Å². The molecule has 0 fully saturated rings. The highest BCUT2D eigenvalue weighted by Crippen LogP contribution is 1.97. The topological polar surface area (TPSA) is 29.3 Å². The van der Waals surface area contributed by atoms with Gasteiger partial charge >= 0.3 is 0 Å². The normalized spacial score (nSPS) is 18.0. The molecule has 0 aliphatic rings. The number of rotatable bonds is 3. The lowest BCUT2D eigenvalue weighted by molar-refractivity contribution is 0.244. The molecule has 0 bridgehead atoms. The Morgan fingerprint density at radius 3 is 2.00 bits per heavy atom. The Morgan fingerprint density at radius 2 is 1.89 bits per heavy atom. The van der Waals surface area contributed by atoms with E-state index < -0.39 is 0 Å². The minimum Gasteiger partial charge on any atom is -0.327 e. The van der Waals surface area contributed by atoms with Crippen LogP contribution in [0.15, 0.2) is 0 Å². The van der Waals surface area contributed by atoms with E-state index in [-0.39, 0.29) is 6.04 Å². The number of likely N-dealkylation sites (N-methyl/N-ethyl adjacent to an activating group) is 1. The Morgan fingerprint density at radius 1 is 1.44 bits per heavy atom. The van der Waals surface area contributed by atoms with Gasteiger partial charge in [0.25, 0.3) is 0 Å². The molecule has 2 unspecified atom stereocenters. The van der Waals surface area contributed by atoms with Gasteiger partial charge in [0.05, 0.1) is 0 Å². The zero-order valence-corrected chi connectivity index (χ0v) is 6.89. The average Bonchev–Trinajstić information content (AvgIpc) is 1.84. The molecule has 2 nitrogen and oxygen atoms in total. The van der Waals surface area contributed by atoms with Gasteiger partial charge in [-0.3, -0.25) is 0 Å². The molecule has 2 heteroatoms. The summed E-state index contributed by atoms with van der Waals surface area (Å²) in [5, 5.41) is 0. The van der Waals surface area contributed by atoms with E-state index in [1.54, 1.807) is 0 Å². The summed E-state index contributed by atoms with van der Waals surface area (Å²) in [6.07, 6.45) is 0. The Bertz CT molecular complexity index is 71.3. The Balaban J connectivity index is 3.58. The van der Waals surface area contributed by atoms with Crippen molar-refractivity contribution in [1.29, 1.82) is 0 Å². The van der Waals surface area contributed by atoms with Crippen LogP contribution in [0, 0.1) is 0 Å². The molecular formula is C7H18N2. The van der Waals surface area contributed by atoms with E-state index in [1.807, 2.05) is 6.92 Å². The predicted octanol–water partition coefficient (Wildman–Crippen LogP) is 0.674. The van der Waals surface area contributed by atoms with Gasteiger partial charge in [-0.15, -0.1) is 0 Å². The number of hydrogen-bond donors (Lipinski definition) is 1. The highest BCUT2D eigenvalue weighted by molar-refractivity contribution is 4.70. The van der Waals surface area contributed by atoms with Crippen LogP contribution in [0.4, 0.5) is 0 Å². The van der Waals surface area contributed by atoms with Crippen LogP contribution in [0.2, 0.25) is 0 Å². The summed E-state index contributed by atoms with van der Waals surface area (Å²) < 4.78 is 0. The minimum absolute atomic E-state index is 0.273. The summed E-state index contributed by atoms with van der Waals surface area (Å²) in [6, 6.07) is 0.768. The number of nitrogens with zero attached hydrogens (tertiary/aromatic N) is 1. The fourth-order valence-electron chi connectivity index (χ4n) is 0.689. The fourth-order valence-corrected chi connectivity index (χ4v) is 0.689. The first-order valence-corrected chi connectivity index (χ1v) is 3.55. The molecule has 2 N–H and O–H groups in total. The zero-order valence-electron chi connectivity index (χ0n) is 6.89. The van der Waals surface area contributed by atoms with Gasteiger partial charge in [0.2, 0.25) is 0 Å². The maximum absolute atomic E-state index is 5.67. The van der Waals surface area contributed by atoms with Gasteiger partial charge < -0.3 is 10.6 Å². The van der Waals surface area contributed by atoms with E-state index in [1.165, 1.54) is 0 Å². The molecule has 0 saturated carbocycles. The Hall–Kier alpha value is -0.0800. The highest BCUT2D eigenvalue weighted by Gasteiger charge is 2.10. The molecule has 56 valence electrons. The molecule has 0 aromatic rings. The van der Waals surface area contributed by atoms with E-state index in [2.05, 4.69) is 25.8 Å². The molecular weight excluding hydrogens is 112 g/mol. The first-order valence-electron chi connectivity index (χ1n) is 3.55. The van der Waals surface area contributed by atoms with E-state index in [0.717, 1.165) is 6.54 Å². The van der Waals surface area contributed by atoms with Crippen molar-refractivity contribution in [2.45, 2.75) is 32.9 Å². The molecule has 0 heterocycles. The highest BCUT2D eigenvalue weighted by atomic mass is 15.1. The smallest absolute Gasteiger partial charge is 0.0213 e. The molecule has 0 aliphatic carbocycles. The molecule has 0 radical (unpaired) electrons. The van der Waals surface area contributed by atoms with Crippen molar-refractivity contribution in [2.24, 2.45) is 5.73 Å². The molecule has 0 aromatic heterocycles. The predicted molar refractivity (Wildman–Crippen MR) is 41.4 cm³/mol. The molecule has 0 saturated heterocycles. The lowest BCUT2D eigenvalue weighted by Gasteiger charge is -2.25. The maximum atomic E-state index is 5.67. The number of nitrogens with two attached hydrogens (primary N) is 1. The molecule has 9 heavy (non-hydrogen) atoms. The van der Waals surface area contributed by atoms with Crippen LogP contribution in [-0.2, 0) is 0 Å². The van der Waals surface area contributed by atoms with Gasteiger partial charge in [-0.05, 0) is 27.4 Å². The average molecular weight is 130 g/mol. The van der Waals surface area contributed by atoms with Crippen molar-refractivity contribution >= 4 is 0 Å². The third-order valence-electron chi connectivity index (χ3n) is 1.95. The van der Waals surface area contributed by atoms with E-state index >= 15 is 0 Å². The first-order chi connectivity index (χ1) is 4.09. The summed E-state index contributed by atoms with van der Waals surface area (Å²) in [7, 11) is 2.09. The second kappa shape index (κ2) is 3.85.